The van der Waals surface area contributed by atoms with Gasteiger partial charge in [-0.1, -0.05) is 30.3 Å². The molecular formula is C14H12N2O2. The lowest BCUT2D eigenvalue weighted by Gasteiger charge is -2.10. The lowest BCUT2D eigenvalue weighted by atomic mass is 10.1. The highest BCUT2D eigenvalue weighted by atomic mass is 16.3. The summed E-state index contributed by atoms with van der Waals surface area (Å²) >= 11 is 0. The Labute approximate surface area is 105 Å². The van der Waals surface area contributed by atoms with E-state index < -0.39 is 6.04 Å². The van der Waals surface area contributed by atoms with E-state index in [1.54, 1.807) is 25.1 Å². The Bertz CT molecular complexity index is 581. The molecule has 0 fully saturated rings. The highest BCUT2D eigenvalue weighted by Gasteiger charge is 2.15. The second-order valence-electron chi connectivity index (χ2n) is 3.89. The van der Waals surface area contributed by atoms with Crippen molar-refractivity contribution >= 4 is 5.91 Å². The lowest BCUT2D eigenvalue weighted by Crippen LogP contribution is -2.27. The fraction of sp³-hybridized carbons (Fsp3) is 0.143. The van der Waals surface area contributed by atoms with Gasteiger partial charge in [0.2, 0.25) is 0 Å². The van der Waals surface area contributed by atoms with Gasteiger partial charge in [-0.25, -0.2) is 0 Å². The van der Waals surface area contributed by atoms with Crippen LogP contribution in [0.5, 0.6) is 0 Å². The van der Waals surface area contributed by atoms with E-state index in [4.69, 9.17) is 9.68 Å². The van der Waals surface area contributed by atoms with Crippen LogP contribution in [0, 0.1) is 18.3 Å². The van der Waals surface area contributed by atoms with Crippen LogP contribution >= 0.6 is 0 Å². The summed E-state index contributed by atoms with van der Waals surface area (Å²) in [6, 6.07) is 12.2. The van der Waals surface area contributed by atoms with E-state index >= 15 is 0 Å². The Balaban J connectivity index is 2.13. The van der Waals surface area contributed by atoms with E-state index in [-0.39, 0.29) is 5.91 Å². The maximum absolute atomic E-state index is 11.9. The highest BCUT2D eigenvalue weighted by molar-refractivity contribution is 5.94. The van der Waals surface area contributed by atoms with Gasteiger partial charge in [0, 0.05) is 0 Å². The van der Waals surface area contributed by atoms with Crippen LogP contribution in [-0.4, -0.2) is 5.91 Å². The standard InChI is InChI=1S/C14H12N2O2/c1-10-7-12(9-18-10)14(17)16-13(8-15)11-5-3-2-4-6-11/h2-7,9,13H,1H3,(H,16,17). The second kappa shape index (κ2) is 5.19. The van der Waals surface area contributed by atoms with E-state index in [0.29, 0.717) is 11.3 Å². The third kappa shape index (κ3) is 2.58. The molecule has 0 saturated heterocycles. The molecule has 0 aliphatic rings. The summed E-state index contributed by atoms with van der Waals surface area (Å²) in [5.41, 5.74) is 1.18. The first kappa shape index (κ1) is 11.9. The molecule has 4 nitrogen and oxygen atoms in total. The van der Waals surface area contributed by atoms with Crippen LogP contribution in [0.4, 0.5) is 0 Å². The maximum atomic E-state index is 11.9. The molecule has 0 bridgehead atoms. The molecule has 90 valence electrons. The van der Waals surface area contributed by atoms with E-state index in [1.165, 1.54) is 6.26 Å². The van der Waals surface area contributed by atoms with E-state index in [2.05, 4.69) is 11.4 Å². The molecule has 18 heavy (non-hydrogen) atoms. The first-order valence-electron chi connectivity index (χ1n) is 5.51. The van der Waals surface area contributed by atoms with E-state index in [1.807, 2.05) is 18.2 Å². The first-order chi connectivity index (χ1) is 8.70. The minimum absolute atomic E-state index is 0.317. The van der Waals surface area contributed by atoms with Gasteiger partial charge < -0.3 is 9.73 Å². The molecule has 0 aliphatic carbocycles. The molecule has 0 aliphatic heterocycles. The van der Waals surface area contributed by atoms with E-state index in [0.717, 1.165) is 5.56 Å². The smallest absolute Gasteiger partial charge is 0.255 e. The van der Waals surface area contributed by atoms with Crippen molar-refractivity contribution in [1.82, 2.24) is 5.32 Å². The number of hydrogen-bond donors (Lipinski definition) is 1. The summed E-state index contributed by atoms with van der Waals surface area (Å²) in [5.74, 6) is 0.343. The average Bonchev–Trinajstić information content (AvgIpc) is 2.83. The first-order valence-corrected chi connectivity index (χ1v) is 5.51. The topological polar surface area (TPSA) is 66.0 Å². The molecule has 1 aromatic carbocycles. The van der Waals surface area contributed by atoms with Crippen molar-refractivity contribution in [2.45, 2.75) is 13.0 Å². The Morgan fingerprint density at radius 1 is 1.39 bits per heavy atom. The number of rotatable bonds is 3. The van der Waals surface area contributed by atoms with Crippen molar-refractivity contribution in [2.24, 2.45) is 0 Å². The quantitative estimate of drug-likeness (QED) is 0.896. The number of amides is 1. The van der Waals surface area contributed by atoms with Gasteiger partial charge in [-0.15, -0.1) is 0 Å². The summed E-state index contributed by atoms with van der Waals surface area (Å²) in [6.07, 6.45) is 1.38. The summed E-state index contributed by atoms with van der Waals surface area (Å²) in [6.45, 7) is 1.76. The molecule has 1 unspecified atom stereocenters. The van der Waals surface area contributed by atoms with Crippen LogP contribution < -0.4 is 5.32 Å². The van der Waals surface area contributed by atoms with Crippen molar-refractivity contribution in [3.05, 3.63) is 59.5 Å². The third-order valence-electron chi connectivity index (χ3n) is 2.53. The molecule has 1 atom stereocenters. The van der Waals surface area contributed by atoms with Crippen LogP contribution in [0.2, 0.25) is 0 Å². The van der Waals surface area contributed by atoms with Crippen LogP contribution in [0.25, 0.3) is 0 Å². The molecule has 1 N–H and O–H groups in total. The van der Waals surface area contributed by atoms with Crippen LogP contribution in [0.3, 0.4) is 0 Å². The van der Waals surface area contributed by atoms with Crippen molar-refractivity contribution < 1.29 is 9.21 Å². The van der Waals surface area contributed by atoms with Gasteiger partial charge in [0.15, 0.2) is 0 Å². The summed E-state index contributed by atoms with van der Waals surface area (Å²) in [7, 11) is 0. The number of nitrogens with zero attached hydrogens (tertiary/aromatic N) is 1. The minimum atomic E-state index is -0.658. The Morgan fingerprint density at radius 3 is 2.67 bits per heavy atom. The van der Waals surface area contributed by atoms with Crippen molar-refractivity contribution in [3.63, 3.8) is 0 Å². The molecule has 1 heterocycles. The minimum Gasteiger partial charge on any atom is -0.469 e. The second-order valence-corrected chi connectivity index (χ2v) is 3.89. The van der Waals surface area contributed by atoms with E-state index in [9.17, 15) is 4.79 Å². The van der Waals surface area contributed by atoms with Crippen LogP contribution in [0.1, 0.15) is 27.7 Å². The zero-order valence-corrected chi connectivity index (χ0v) is 9.88. The third-order valence-corrected chi connectivity index (χ3v) is 2.53. The summed E-state index contributed by atoms with van der Waals surface area (Å²) in [5, 5.41) is 11.7. The van der Waals surface area contributed by atoms with Gasteiger partial charge in [0.1, 0.15) is 18.1 Å². The molecule has 0 radical (unpaired) electrons. The molecule has 1 aromatic heterocycles. The normalized spacial score (nSPS) is 11.6. The van der Waals surface area contributed by atoms with Gasteiger partial charge in [-0.3, -0.25) is 4.79 Å². The number of aryl methyl sites for hydroxylation is 1. The lowest BCUT2D eigenvalue weighted by molar-refractivity contribution is 0.0944. The van der Waals surface area contributed by atoms with Crippen LogP contribution in [0.15, 0.2) is 47.1 Å². The average molecular weight is 240 g/mol. The van der Waals surface area contributed by atoms with Gasteiger partial charge in [0.25, 0.3) is 5.91 Å². The summed E-state index contributed by atoms with van der Waals surface area (Å²) < 4.78 is 5.06. The number of benzene rings is 1. The fourth-order valence-corrected chi connectivity index (χ4v) is 1.61. The van der Waals surface area contributed by atoms with Gasteiger partial charge >= 0.3 is 0 Å². The van der Waals surface area contributed by atoms with Crippen molar-refractivity contribution in [1.29, 1.82) is 5.26 Å². The van der Waals surface area contributed by atoms with Gasteiger partial charge in [0.05, 0.1) is 11.6 Å². The molecular weight excluding hydrogens is 228 g/mol. The van der Waals surface area contributed by atoms with Crippen molar-refractivity contribution in [2.75, 3.05) is 0 Å². The molecule has 2 rings (SSSR count). The summed E-state index contributed by atoms with van der Waals surface area (Å²) in [4.78, 5) is 11.9. The Kier molecular flexibility index (Phi) is 3.44. The van der Waals surface area contributed by atoms with Crippen molar-refractivity contribution in [3.8, 4) is 6.07 Å². The fourth-order valence-electron chi connectivity index (χ4n) is 1.61. The molecule has 4 heteroatoms. The number of carbonyl (C=O) groups excluding carboxylic acids is 1. The van der Waals surface area contributed by atoms with Gasteiger partial charge in [-0.2, -0.15) is 5.26 Å². The number of carbonyl (C=O) groups is 1. The predicted octanol–water partition coefficient (Wildman–Crippen LogP) is 2.58. The molecule has 0 spiro atoms. The SMILES string of the molecule is Cc1cc(C(=O)NC(C#N)c2ccccc2)co1. The molecule has 1 amide bonds. The number of furan rings is 1. The van der Waals surface area contributed by atoms with Gasteiger partial charge in [-0.05, 0) is 18.6 Å². The predicted molar refractivity (Wildman–Crippen MR) is 65.7 cm³/mol. The monoisotopic (exact) mass is 240 g/mol. The molecule has 2 aromatic rings. The largest absolute Gasteiger partial charge is 0.469 e. The Hall–Kier alpha value is -2.54. The number of nitriles is 1. The van der Waals surface area contributed by atoms with Crippen LogP contribution in [-0.2, 0) is 0 Å². The zero-order valence-electron chi connectivity index (χ0n) is 9.88. The Morgan fingerprint density at radius 2 is 2.11 bits per heavy atom. The molecule has 0 saturated carbocycles. The highest BCUT2D eigenvalue weighted by Crippen LogP contribution is 2.13. The number of nitrogens with one attached hydrogen (secondary N) is 1. The maximum Gasteiger partial charge on any atom is 0.255 e. The zero-order chi connectivity index (χ0) is 13.0. The number of hydrogen-bond acceptors (Lipinski definition) is 3.